The lowest BCUT2D eigenvalue weighted by atomic mass is 9.56. The second-order valence-corrected chi connectivity index (χ2v) is 6.80. The fraction of sp³-hybridized carbons (Fsp3) is 0.611. The molecule has 136 valence electrons. The van der Waals surface area contributed by atoms with Gasteiger partial charge in [-0.3, -0.25) is 4.99 Å². The van der Waals surface area contributed by atoms with E-state index in [1.54, 1.807) is 21.3 Å². The summed E-state index contributed by atoms with van der Waals surface area (Å²) in [5.74, 6) is 1.68. The van der Waals surface area contributed by atoms with Crippen molar-refractivity contribution in [1.29, 1.82) is 0 Å². The molecule has 0 heterocycles. The molecule has 0 aliphatic heterocycles. The highest BCUT2D eigenvalue weighted by atomic mass is 127. The molecule has 24 heavy (non-hydrogen) atoms. The molecular weight excluding hydrogens is 417 g/mol. The van der Waals surface area contributed by atoms with Crippen LogP contribution in [0.5, 0.6) is 5.75 Å². The topological polar surface area (TPSA) is 54.9 Å². The van der Waals surface area contributed by atoms with Gasteiger partial charge in [-0.1, -0.05) is 32.0 Å². The summed E-state index contributed by atoms with van der Waals surface area (Å²) in [7, 11) is 5.26. The zero-order valence-electron chi connectivity index (χ0n) is 15.5. The second kappa shape index (κ2) is 8.38. The van der Waals surface area contributed by atoms with E-state index < -0.39 is 0 Å². The van der Waals surface area contributed by atoms with Gasteiger partial charge < -0.3 is 20.1 Å². The minimum atomic E-state index is -0.0911. The summed E-state index contributed by atoms with van der Waals surface area (Å²) < 4.78 is 11.1. The summed E-state index contributed by atoms with van der Waals surface area (Å²) in [6.07, 6.45) is 0.964. The number of ether oxygens (including phenoxy) is 2. The fourth-order valence-corrected chi connectivity index (χ4v) is 3.11. The number of benzene rings is 1. The molecule has 1 aromatic carbocycles. The lowest BCUT2D eigenvalue weighted by molar-refractivity contribution is -0.176. The Morgan fingerprint density at radius 2 is 1.92 bits per heavy atom. The van der Waals surface area contributed by atoms with Crippen molar-refractivity contribution >= 4 is 29.9 Å². The minimum Gasteiger partial charge on any atom is -0.496 e. The van der Waals surface area contributed by atoms with E-state index >= 15 is 0 Å². The van der Waals surface area contributed by atoms with E-state index in [4.69, 9.17) is 9.47 Å². The molecule has 2 rings (SSSR count). The van der Waals surface area contributed by atoms with Crippen LogP contribution in [-0.2, 0) is 11.3 Å². The Bertz CT molecular complexity index is 577. The van der Waals surface area contributed by atoms with Crippen LogP contribution in [0.25, 0.3) is 0 Å². The third-order valence-corrected chi connectivity index (χ3v) is 5.45. The van der Waals surface area contributed by atoms with E-state index in [-0.39, 0.29) is 35.0 Å². The van der Waals surface area contributed by atoms with Gasteiger partial charge in [-0.2, -0.15) is 0 Å². The van der Waals surface area contributed by atoms with Crippen molar-refractivity contribution in [2.75, 3.05) is 21.3 Å². The van der Waals surface area contributed by atoms with Crippen molar-refractivity contribution in [3.8, 4) is 5.75 Å². The molecule has 1 saturated carbocycles. The minimum absolute atomic E-state index is 0. The number of hydrogen-bond acceptors (Lipinski definition) is 3. The molecule has 6 heteroatoms. The number of para-hydroxylation sites is 1. The van der Waals surface area contributed by atoms with Crippen LogP contribution in [0.2, 0.25) is 0 Å². The molecule has 1 aliphatic carbocycles. The van der Waals surface area contributed by atoms with Crippen LogP contribution in [0.3, 0.4) is 0 Å². The van der Waals surface area contributed by atoms with Gasteiger partial charge in [0.25, 0.3) is 0 Å². The third-order valence-electron chi connectivity index (χ3n) is 5.45. The van der Waals surface area contributed by atoms with Crippen molar-refractivity contribution in [3.63, 3.8) is 0 Å². The summed E-state index contributed by atoms with van der Waals surface area (Å²) in [5, 5.41) is 6.87. The number of nitrogens with one attached hydrogen (secondary N) is 2. The summed E-state index contributed by atoms with van der Waals surface area (Å²) in [6.45, 7) is 7.28. The van der Waals surface area contributed by atoms with Gasteiger partial charge in [0.05, 0.1) is 12.7 Å². The van der Waals surface area contributed by atoms with E-state index in [2.05, 4.69) is 36.4 Å². The van der Waals surface area contributed by atoms with Crippen LogP contribution in [0, 0.1) is 5.41 Å². The Morgan fingerprint density at radius 3 is 2.46 bits per heavy atom. The molecule has 0 spiro atoms. The molecular formula is C18H30IN3O2. The number of rotatable bonds is 5. The van der Waals surface area contributed by atoms with Crippen molar-refractivity contribution < 1.29 is 9.47 Å². The third kappa shape index (κ3) is 3.96. The highest BCUT2D eigenvalue weighted by molar-refractivity contribution is 14.0. The Morgan fingerprint density at radius 1 is 1.25 bits per heavy atom. The maximum atomic E-state index is 5.68. The quantitative estimate of drug-likeness (QED) is 0.414. The molecule has 2 N–H and O–H groups in total. The predicted octanol–water partition coefficient (Wildman–Crippen LogP) is 3.18. The predicted molar refractivity (Wildman–Crippen MR) is 109 cm³/mol. The van der Waals surface area contributed by atoms with Gasteiger partial charge in [-0.15, -0.1) is 24.0 Å². The number of nitrogens with zero attached hydrogens (tertiary/aromatic N) is 1. The van der Waals surface area contributed by atoms with Gasteiger partial charge in [0.2, 0.25) is 0 Å². The maximum absolute atomic E-state index is 5.68. The van der Waals surface area contributed by atoms with Crippen LogP contribution >= 0.6 is 24.0 Å². The van der Waals surface area contributed by atoms with Crippen molar-refractivity contribution in [1.82, 2.24) is 10.6 Å². The normalized spacial score (nSPS) is 25.2. The van der Waals surface area contributed by atoms with Gasteiger partial charge >= 0.3 is 0 Å². The lowest BCUT2D eigenvalue weighted by Gasteiger charge is -2.59. The number of aliphatic imine (C=N–C) groups is 1. The summed E-state index contributed by atoms with van der Waals surface area (Å²) in [5.41, 5.74) is 1.06. The zero-order valence-corrected chi connectivity index (χ0v) is 17.8. The van der Waals surface area contributed by atoms with E-state index in [0.29, 0.717) is 12.6 Å². The van der Waals surface area contributed by atoms with Crippen molar-refractivity contribution in [3.05, 3.63) is 29.8 Å². The van der Waals surface area contributed by atoms with E-state index in [9.17, 15) is 0 Å². The largest absolute Gasteiger partial charge is 0.496 e. The van der Waals surface area contributed by atoms with E-state index in [0.717, 1.165) is 23.7 Å². The number of guanidine groups is 1. The maximum Gasteiger partial charge on any atom is 0.191 e. The summed E-state index contributed by atoms with van der Waals surface area (Å²) in [4.78, 5) is 4.33. The number of hydrogen-bond donors (Lipinski definition) is 2. The highest BCUT2D eigenvalue weighted by Crippen LogP contribution is 2.51. The lowest BCUT2D eigenvalue weighted by Crippen LogP contribution is -2.69. The van der Waals surface area contributed by atoms with Gasteiger partial charge in [0.15, 0.2) is 5.96 Å². The first kappa shape index (κ1) is 21.0. The zero-order chi connectivity index (χ0) is 17.1. The molecule has 0 amide bonds. The molecule has 0 radical (unpaired) electrons. The van der Waals surface area contributed by atoms with Crippen LogP contribution in [0.15, 0.2) is 29.3 Å². The van der Waals surface area contributed by atoms with Crippen LogP contribution in [0.1, 0.15) is 32.8 Å². The van der Waals surface area contributed by atoms with E-state index in [1.807, 2.05) is 24.3 Å². The molecule has 0 aromatic heterocycles. The summed E-state index contributed by atoms with van der Waals surface area (Å²) >= 11 is 0. The molecule has 1 aromatic rings. The second-order valence-electron chi connectivity index (χ2n) is 6.80. The highest BCUT2D eigenvalue weighted by Gasteiger charge is 2.58. The number of halogens is 1. The first-order valence-electron chi connectivity index (χ1n) is 8.02. The monoisotopic (exact) mass is 447 g/mol. The van der Waals surface area contributed by atoms with Gasteiger partial charge in [-0.05, 0) is 19.4 Å². The molecule has 1 aliphatic rings. The van der Waals surface area contributed by atoms with E-state index in [1.165, 1.54) is 0 Å². The molecule has 0 bridgehead atoms. The smallest absolute Gasteiger partial charge is 0.191 e. The Labute approximate surface area is 162 Å². The fourth-order valence-electron chi connectivity index (χ4n) is 3.11. The van der Waals surface area contributed by atoms with Crippen molar-refractivity contribution in [2.24, 2.45) is 10.4 Å². The first-order valence-corrected chi connectivity index (χ1v) is 8.02. The average Bonchev–Trinajstić information content (AvgIpc) is 2.57. The Kier molecular flexibility index (Phi) is 7.34. The summed E-state index contributed by atoms with van der Waals surface area (Å²) in [6, 6.07) is 8.32. The SMILES string of the molecule is CN=C(NCc1ccccc1OC)NC1CC(C)(OC)C1(C)C.I. The van der Waals surface area contributed by atoms with Gasteiger partial charge in [0, 0.05) is 37.7 Å². The average molecular weight is 447 g/mol. The van der Waals surface area contributed by atoms with Crippen LogP contribution in [0.4, 0.5) is 0 Å². The number of methoxy groups -OCH3 is 2. The molecule has 5 nitrogen and oxygen atoms in total. The van der Waals surface area contributed by atoms with Crippen molar-refractivity contribution in [2.45, 2.75) is 45.4 Å². The van der Waals surface area contributed by atoms with Gasteiger partial charge in [0.1, 0.15) is 5.75 Å². The van der Waals surface area contributed by atoms with Crippen LogP contribution < -0.4 is 15.4 Å². The van der Waals surface area contributed by atoms with Gasteiger partial charge in [-0.25, -0.2) is 0 Å². The molecule has 1 fully saturated rings. The van der Waals surface area contributed by atoms with Crippen LogP contribution in [-0.4, -0.2) is 38.9 Å². The molecule has 2 atom stereocenters. The Balaban J connectivity index is 0.00000288. The standard InChI is InChI=1S/C18H29N3O2.HI/c1-17(2)15(11-18(17,3)23-6)21-16(19-4)20-12-13-9-7-8-10-14(13)22-5;/h7-10,15H,11-12H2,1-6H3,(H2,19,20,21);1H. The molecule has 2 unspecified atom stereocenters. The molecule has 0 saturated heterocycles. The Hall–Kier alpha value is -1.02. The first-order chi connectivity index (χ1) is 10.9.